The Labute approximate surface area is 86.0 Å². The molecule has 0 spiro atoms. The number of aliphatic carboxylic acids is 1. The number of hydrogen-bond donors (Lipinski definition) is 1. The number of allylic oxidation sites excluding steroid dienone is 1. The molecule has 0 saturated heterocycles. The lowest BCUT2D eigenvalue weighted by molar-refractivity contribution is -0.150. The Morgan fingerprint density at radius 2 is 2.20 bits per heavy atom. The van der Waals surface area contributed by atoms with E-state index in [1.54, 1.807) is 0 Å². The van der Waals surface area contributed by atoms with Gasteiger partial charge in [-0.25, -0.2) is 9.59 Å². The molecule has 0 aromatic rings. The number of esters is 1. The fraction of sp³-hybridized carbons (Fsp3) is 0.300. The molecular formula is C10H10O5. The van der Waals surface area contributed by atoms with E-state index in [1.165, 1.54) is 12.2 Å². The van der Waals surface area contributed by atoms with Gasteiger partial charge in [0, 0.05) is 12.2 Å². The van der Waals surface area contributed by atoms with Crippen molar-refractivity contribution in [3.63, 3.8) is 0 Å². The van der Waals surface area contributed by atoms with Crippen molar-refractivity contribution >= 4 is 17.7 Å². The first-order chi connectivity index (χ1) is 7.09. The Morgan fingerprint density at radius 3 is 2.87 bits per heavy atom. The Bertz CT molecular complexity index is 340. The van der Waals surface area contributed by atoms with Crippen LogP contribution >= 0.6 is 0 Å². The highest BCUT2D eigenvalue weighted by molar-refractivity contribution is 6.02. The summed E-state index contributed by atoms with van der Waals surface area (Å²) in [6.07, 6.45) is 4.57. The summed E-state index contributed by atoms with van der Waals surface area (Å²) in [5.74, 6) is -1.85. The second-order valence-corrected chi connectivity index (χ2v) is 2.98. The van der Waals surface area contributed by atoms with Gasteiger partial charge in [-0.05, 0) is 18.9 Å². The molecule has 0 aliphatic carbocycles. The lowest BCUT2D eigenvalue weighted by atomic mass is 10.1. The summed E-state index contributed by atoms with van der Waals surface area (Å²) in [4.78, 5) is 32.1. The van der Waals surface area contributed by atoms with Gasteiger partial charge in [0.25, 0.3) is 0 Å². The molecule has 1 N–H and O–H groups in total. The number of carboxylic acid groups (broad SMARTS) is 1. The third-order valence-electron chi connectivity index (χ3n) is 1.82. The van der Waals surface area contributed by atoms with Crippen molar-refractivity contribution in [3.8, 4) is 0 Å². The largest absolute Gasteiger partial charge is 0.478 e. The minimum absolute atomic E-state index is 0.265. The van der Waals surface area contributed by atoms with Crippen molar-refractivity contribution < 1.29 is 24.2 Å². The van der Waals surface area contributed by atoms with Crippen LogP contribution in [-0.4, -0.2) is 28.9 Å². The molecule has 0 fully saturated rings. The Hall–Kier alpha value is -1.91. The molecular weight excluding hydrogens is 200 g/mol. The number of carboxylic acids is 1. The Kier molecular flexibility index (Phi) is 3.79. The van der Waals surface area contributed by atoms with Crippen LogP contribution in [0.1, 0.15) is 12.8 Å². The zero-order valence-corrected chi connectivity index (χ0v) is 7.88. The fourth-order valence-electron chi connectivity index (χ4n) is 1.13. The number of cyclic esters (lactones) is 1. The highest BCUT2D eigenvalue weighted by Crippen LogP contribution is 2.10. The van der Waals surface area contributed by atoms with E-state index in [2.05, 4.69) is 0 Å². The lowest BCUT2D eigenvalue weighted by Gasteiger charge is -2.16. The molecule has 0 aromatic carbocycles. The quantitative estimate of drug-likeness (QED) is 0.538. The molecule has 0 amide bonds. The third kappa shape index (κ3) is 3.76. The molecule has 1 rings (SSSR count). The van der Waals surface area contributed by atoms with Crippen LogP contribution in [0.3, 0.4) is 0 Å². The molecule has 80 valence electrons. The maximum absolute atomic E-state index is 11.2. The van der Waals surface area contributed by atoms with Crippen molar-refractivity contribution in [2.75, 3.05) is 0 Å². The van der Waals surface area contributed by atoms with Gasteiger partial charge in [-0.2, -0.15) is 0 Å². The first kappa shape index (κ1) is 11.2. The molecule has 1 heterocycles. The average molecular weight is 210 g/mol. The van der Waals surface area contributed by atoms with E-state index in [0.717, 1.165) is 12.2 Å². The molecule has 1 aliphatic rings. The summed E-state index contributed by atoms with van der Waals surface area (Å²) in [5.41, 5.74) is 0. The molecule has 1 unspecified atom stereocenters. The zero-order chi connectivity index (χ0) is 11.3. The van der Waals surface area contributed by atoms with Gasteiger partial charge in [0.2, 0.25) is 0 Å². The fourth-order valence-corrected chi connectivity index (χ4v) is 1.13. The monoisotopic (exact) mass is 210 g/mol. The van der Waals surface area contributed by atoms with Gasteiger partial charge in [0.05, 0.1) is 0 Å². The van der Waals surface area contributed by atoms with Crippen molar-refractivity contribution in [1.82, 2.24) is 0 Å². The smallest absolute Gasteiger partial charge is 0.331 e. The SMILES string of the molecule is O=C(O)/C=C/CCC1OC(=O)C=CC1=O. The maximum Gasteiger partial charge on any atom is 0.331 e. The first-order valence-corrected chi connectivity index (χ1v) is 4.41. The molecule has 0 radical (unpaired) electrons. The summed E-state index contributed by atoms with van der Waals surface area (Å²) in [6, 6.07) is 0. The van der Waals surface area contributed by atoms with Crippen LogP contribution in [0, 0.1) is 0 Å². The van der Waals surface area contributed by atoms with Crippen LogP contribution in [0.5, 0.6) is 0 Å². The predicted molar refractivity (Wildman–Crippen MR) is 50.0 cm³/mol. The normalized spacial score (nSPS) is 20.7. The zero-order valence-electron chi connectivity index (χ0n) is 7.88. The van der Waals surface area contributed by atoms with Crippen molar-refractivity contribution in [2.24, 2.45) is 0 Å². The van der Waals surface area contributed by atoms with Gasteiger partial charge in [-0.3, -0.25) is 4.79 Å². The molecule has 0 saturated carbocycles. The van der Waals surface area contributed by atoms with E-state index in [-0.39, 0.29) is 5.78 Å². The van der Waals surface area contributed by atoms with Crippen LogP contribution in [-0.2, 0) is 19.1 Å². The van der Waals surface area contributed by atoms with Crippen LogP contribution < -0.4 is 0 Å². The number of carbonyl (C=O) groups is 3. The van der Waals surface area contributed by atoms with E-state index in [0.29, 0.717) is 12.8 Å². The second-order valence-electron chi connectivity index (χ2n) is 2.98. The molecule has 5 nitrogen and oxygen atoms in total. The van der Waals surface area contributed by atoms with Gasteiger partial charge in [-0.1, -0.05) is 6.08 Å². The number of rotatable bonds is 4. The van der Waals surface area contributed by atoms with Gasteiger partial charge in [-0.15, -0.1) is 0 Å². The molecule has 0 bridgehead atoms. The van der Waals surface area contributed by atoms with E-state index in [1.807, 2.05) is 0 Å². The topological polar surface area (TPSA) is 80.7 Å². The molecule has 1 atom stereocenters. The summed E-state index contributed by atoms with van der Waals surface area (Å²) in [7, 11) is 0. The Morgan fingerprint density at radius 1 is 1.47 bits per heavy atom. The van der Waals surface area contributed by atoms with Gasteiger partial charge in [0.15, 0.2) is 11.9 Å². The number of ketones is 1. The van der Waals surface area contributed by atoms with E-state index in [4.69, 9.17) is 9.84 Å². The first-order valence-electron chi connectivity index (χ1n) is 4.41. The second kappa shape index (κ2) is 5.09. The summed E-state index contributed by atoms with van der Waals surface area (Å²) >= 11 is 0. The maximum atomic E-state index is 11.2. The average Bonchev–Trinajstić information content (AvgIpc) is 2.17. The van der Waals surface area contributed by atoms with Gasteiger partial charge in [0.1, 0.15) is 0 Å². The standard InChI is InChI=1S/C10H10O5/c11-7-5-6-10(14)15-8(7)3-1-2-4-9(12)13/h2,4-6,8H,1,3H2,(H,12,13)/b4-2+. The number of hydrogen-bond acceptors (Lipinski definition) is 4. The van der Waals surface area contributed by atoms with Crippen LogP contribution in [0.25, 0.3) is 0 Å². The minimum atomic E-state index is -1.04. The highest BCUT2D eigenvalue weighted by atomic mass is 16.5. The minimum Gasteiger partial charge on any atom is -0.478 e. The van der Waals surface area contributed by atoms with Crippen molar-refractivity contribution in [2.45, 2.75) is 18.9 Å². The predicted octanol–water partition coefficient (Wildman–Crippen LogP) is 0.458. The van der Waals surface area contributed by atoms with Crippen molar-refractivity contribution in [3.05, 3.63) is 24.3 Å². The summed E-state index contributed by atoms with van der Waals surface area (Å²) in [6.45, 7) is 0. The lowest BCUT2D eigenvalue weighted by Crippen LogP contribution is -2.28. The summed E-state index contributed by atoms with van der Waals surface area (Å²) in [5, 5.41) is 8.29. The van der Waals surface area contributed by atoms with Crippen LogP contribution in [0.15, 0.2) is 24.3 Å². The molecule has 5 heteroatoms. The Balaban J connectivity index is 2.39. The van der Waals surface area contributed by atoms with Crippen LogP contribution in [0.4, 0.5) is 0 Å². The van der Waals surface area contributed by atoms with E-state index < -0.39 is 18.0 Å². The van der Waals surface area contributed by atoms with Gasteiger partial charge < -0.3 is 9.84 Å². The number of carbonyl (C=O) groups excluding carboxylic acids is 2. The summed E-state index contributed by atoms with van der Waals surface area (Å²) < 4.78 is 4.75. The van der Waals surface area contributed by atoms with E-state index >= 15 is 0 Å². The molecule has 15 heavy (non-hydrogen) atoms. The highest BCUT2D eigenvalue weighted by Gasteiger charge is 2.22. The van der Waals surface area contributed by atoms with E-state index in [9.17, 15) is 14.4 Å². The van der Waals surface area contributed by atoms with Gasteiger partial charge >= 0.3 is 11.9 Å². The molecule has 1 aliphatic heterocycles. The third-order valence-corrected chi connectivity index (χ3v) is 1.82. The molecule has 0 aromatic heterocycles. The van der Waals surface area contributed by atoms with Crippen molar-refractivity contribution in [1.29, 1.82) is 0 Å². The number of ether oxygens (including phenoxy) is 1. The van der Waals surface area contributed by atoms with Crippen LogP contribution in [0.2, 0.25) is 0 Å².